The summed E-state index contributed by atoms with van der Waals surface area (Å²) in [7, 11) is 0. The highest BCUT2D eigenvalue weighted by Gasteiger charge is 2.43. The normalized spacial score (nSPS) is 19.0. The van der Waals surface area contributed by atoms with E-state index < -0.39 is 11.6 Å². The molecule has 2 aliphatic rings. The van der Waals surface area contributed by atoms with Crippen molar-refractivity contribution < 1.29 is 27.6 Å². The van der Waals surface area contributed by atoms with E-state index in [0.717, 1.165) is 42.7 Å². The van der Waals surface area contributed by atoms with Gasteiger partial charge in [-0.3, -0.25) is 5.32 Å². The van der Waals surface area contributed by atoms with Crippen molar-refractivity contribution in [3.63, 3.8) is 0 Å². The van der Waals surface area contributed by atoms with E-state index in [9.17, 15) is 13.6 Å². The molecule has 3 aromatic rings. The van der Waals surface area contributed by atoms with Gasteiger partial charge in [-0.1, -0.05) is 23.4 Å². The smallest absolute Gasteiger partial charge is 0.324 e. The van der Waals surface area contributed by atoms with E-state index in [2.05, 4.69) is 10.5 Å². The number of nitrogens with one attached hydrogen (secondary N) is 1. The van der Waals surface area contributed by atoms with Crippen LogP contribution in [0.15, 0.2) is 47.0 Å². The lowest BCUT2D eigenvalue weighted by atomic mass is 9.83. The lowest BCUT2D eigenvalue weighted by molar-refractivity contribution is -0.0355. The minimum atomic E-state index is -0.881. The first kappa shape index (κ1) is 24.2. The molecule has 2 amide bonds. The molecule has 2 saturated heterocycles. The molecule has 3 heterocycles. The average Bonchev–Trinajstić information content (AvgIpc) is 3.44. The van der Waals surface area contributed by atoms with Gasteiger partial charge >= 0.3 is 6.03 Å². The summed E-state index contributed by atoms with van der Waals surface area (Å²) < 4.78 is 43.7. The fourth-order valence-electron chi connectivity index (χ4n) is 4.86. The van der Waals surface area contributed by atoms with Crippen molar-refractivity contribution >= 4 is 11.9 Å². The number of benzene rings is 2. The number of ether oxygens (including phenoxy) is 2. The van der Waals surface area contributed by atoms with Crippen LogP contribution in [0.1, 0.15) is 47.6 Å². The summed E-state index contributed by atoms with van der Waals surface area (Å²) in [4.78, 5) is 14.5. The number of rotatable bonds is 5. The molecule has 0 aliphatic carbocycles. The summed E-state index contributed by atoms with van der Waals surface area (Å²) >= 11 is 0. The van der Waals surface area contributed by atoms with E-state index >= 15 is 0 Å². The van der Waals surface area contributed by atoms with Crippen LogP contribution >= 0.6 is 0 Å². The van der Waals surface area contributed by atoms with Crippen LogP contribution in [0.5, 0.6) is 5.75 Å². The van der Waals surface area contributed by atoms with E-state index in [-0.39, 0.29) is 24.2 Å². The first-order chi connectivity index (χ1) is 17.3. The Hall–Kier alpha value is -3.46. The third-order valence-corrected chi connectivity index (χ3v) is 7.29. The summed E-state index contributed by atoms with van der Waals surface area (Å²) in [5.74, 6) is -0.426. The highest BCUT2D eigenvalue weighted by molar-refractivity contribution is 5.88. The number of piperidine rings is 1. The molecule has 0 radical (unpaired) electrons. The zero-order chi connectivity index (χ0) is 25.3. The molecule has 190 valence electrons. The minimum absolute atomic E-state index is 0.159. The van der Waals surface area contributed by atoms with Gasteiger partial charge in [0.25, 0.3) is 0 Å². The average molecular weight is 498 g/mol. The number of urea groups is 1. The monoisotopic (exact) mass is 497 g/mol. The molecule has 7 nitrogen and oxygen atoms in total. The number of aromatic nitrogens is 1. The maximum Gasteiger partial charge on any atom is 0.324 e. The van der Waals surface area contributed by atoms with Crippen LogP contribution in [0.3, 0.4) is 0 Å². The Balaban J connectivity index is 1.12. The van der Waals surface area contributed by atoms with Crippen LogP contribution in [0.4, 0.5) is 19.5 Å². The Morgan fingerprint density at radius 3 is 2.56 bits per heavy atom. The van der Waals surface area contributed by atoms with Crippen molar-refractivity contribution in [3.8, 4) is 5.75 Å². The zero-order valence-corrected chi connectivity index (χ0v) is 20.4. The zero-order valence-electron chi connectivity index (χ0n) is 20.4. The highest BCUT2D eigenvalue weighted by Crippen LogP contribution is 2.43. The van der Waals surface area contributed by atoms with Crippen molar-refractivity contribution in [2.45, 2.75) is 51.2 Å². The Kier molecular flexibility index (Phi) is 6.66. The summed E-state index contributed by atoms with van der Waals surface area (Å²) in [6, 6.07) is 11.4. The predicted molar refractivity (Wildman–Crippen MR) is 129 cm³/mol. The Morgan fingerprint density at radius 2 is 1.89 bits per heavy atom. The SMILES string of the molecule is Cc1noc(NC(=O)N2CCC3(CC2)C[C@@H](c2ccc(OCc4ccc(F)c(F)c4)cc2)CO3)c1C. The predicted octanol–water partition coefficient (Wildman–Crippen LogP) is 5.72. The van der Waals surface area contributed by atoms with Gasteiger partial charge in [0.15, 0.2) is 11.6 Å². The molecular weight excluding hydrogens is 468 g/mol. The summed E-state index contributed by atoms with van der Waals surface area (Å²) in [5.41, 5.74) is 3.11. The topological polar surface area (TPSA) is 76.8 Å². The third-order valence-electron chi connectivity index (χ3n) is 7.29. The molecule has 5 rings (SSSR count). The maximum atomic E-state index is 13.4. The van der Waals surface area contributed by atoms with Crippen LogP contribution < -0.4 is 10.1 Å². The summed E-state index contributed by atoms with van der Waals surface area (Å²) in [5, 5.41) is 6.70. The maximum absolute atomic E-state index is 13.4. The number of nitrogens with zero attached hydrogens (tertiary/aromatic N) is 2. The number of halogens is 2. The number of anilines is 1. The van der Waals surface area contributed by atoms with Gasteiger partial charge in [0.2, 0.25) is 5.88 Å². The van der Waals surface area contributed by atoms with Gasteiger partial charge in [-0.15, -0.1) is 0 Å². The largest absolute Gasteiger partial charge is 0.489 e. The van der Waals surface area contributed by atoms with Crippen molar-refractivity contribution in [2.24, 2.45) is 0 Å². The number of hydrogen-bond donors (Lipinski definition) is 1. The fourth-order valence-corrected chi connectivity index (χ4v) is 4.86. The molecule has 0 bridgehead atoms. The molecule has 0 unspecified atom stereocenters. The molecule has 2 fully saturated rings. The number of hydrogen-bond acceptors (Lipinski definition) is 5. The molecule has 1 aromatic heterocycles. The Morgan fingerprint density at radius 1 is 1.14 bits per heavy atom. The van der Waals surface area contributed by atoms with Gasteiger partial charge < -0.3 is 18.9 Å². The van der Waals surface area contributed by atoms with Crippen LogP contribution in [-0.2, 0) is 11.3 Å². The number of likely N-dealkylation sites (tertiary alicyclic amines) is 1. The van der Waals surface area contributed by atoms with E-state index in [1.165, 1.54) is 11.6 Å². The van der Waals surface area contributed by atoms with Crippen molar-refractivity contribution in [2.75, 3.05) is 25.0 Å². The fraction of sp³-hybridized carbons (Fsp3) is 0.407. The van der Waals surface area contributed by atoms with Gasteiger partial charge in [-0.05, 0) is 68.5 Å². The molecule has 0 saturated carbocycles. The molecular formula is C27H29F2N3O4. The van der Waals surface area contributed by atoms with Gasteiger partial charge in [0.1, 0.15) is 12.4 Å². The second kappa shape index (κ2) is 9.89. The van der Waals surface area contributed by atoms with E-state index in [4.69, 9.17) is 14.0 Å². The first-order valence-electron chi connectivity index (χ1n) is 12.1. The number of carbonyl (C=O) groups excluding carboxylic acids is 1. The minimum Gasteiger partial charge on any atom is -0.489 e. The van der Waals surface area contributed by atoms with Crippen molar-refractivity contribution in [1.29, 1.82) is 0 Å². The molecule has 9 heteroatoms. The van der Waals surface area contributed by atoms with Crippen molar-refractivity contribution in [1.82, 2.24) is 10.1 Å². The molecule has 1 N–H and O–H groups in total. The van der Waals surface area contributed by atoms with Crippen molar-refractivity contribution in [3.05, 3.63) is 76.5 Å². The Bertz CT molecular complexity index is 1240. The van der Waals surface area contributed by atoms with Crippen LogP contribution in [0.2, 0.25) is 0 Å². The molecule has 1 spiro atoms. The Labute approximate surface area is 208 Å². The lowest BCUT2D eigenvalue weighted by Gasteiger charge is -2.38. The molecule has 36 heavy (non-hydrogen) atoms. The summed E-state index contributed by atoms with van der Waals surface area (Å²) in [6.07, 6.45) is 2.46. The van der Waals surface area contributed by atoms with E-state index in [0.29, 0.717) is 36.9 Å². The van der Waals surface area contributed by atoms with Gasteiger partial charge in [0.05, 0.1) is 17.9 Å². The van der Waals surface area contributed by atoms with Gasteiger partial charge in [-0.2, -0.15) is 0 Å². The number of amides is 2. The quantitative estimate of drug-likeness (QED) is 0.488. The standard InChI is InChI=1S/C27H29F2N3O4/c1-17-18(2)31-36-25(17)30-26(33)32-11-9-27(10-12-32)14-21(16-35-27)20-4-6-22(7-5-20)34-15-19-3-8-23(28)24(29)13-19/h3-8,13,21H,9-12,14-16H2,1-2H3,(H,30,33)/t21-/m1/s1. The van der Waals surface area contributed by atoms with Gasteiger partial charge in [-0.25, -0.2) is 13.6 Å². The van der Waals surface area contributed by atoms with E-state index in [1.807, 2.05) is 38.1 Å². The van der Waals surface area contributed by atoms with Crippen LogP contribution in [-0.4, -0.2) is 41.4 Å². The number of carbonyl (C=O) groups is 1. The molecule has 2 aliphatic heterocycles. The number of aryl methyl sites for hydroxylation is 1. The first-order valence-corrected chi connectivity index (χ1v) is 12.1. The van der Waals surface area contributed by atoms with Crippen LogP contribution in [0, 0.1) is 25.5 Å². The van der Waals surface area contributed by atoms with Crippen LogP contribution in [0.25, 0.3) is 0 Å². The second-order valence-corrected chi connectivity index (χ2v) is 9.64. The second-order valence-electron chi connectivity index (χ2n) is 9.64. The highest BCUT2D eigenvalue weighted by atomic mass is 19.2. The summed E-state index contributed by atoms with van der Waals surface area (Å²) in [6.45, 7) is 5.72. The third kappa shape index (κ3) is 5.06. The lowest BCUT2D eigenvalue weighted by Crippen LogP contribution is -2.47. The molecule has 2 aromatic carbocycles. The van der Waals surface area contributed by atoms with E-state index in [1.54, 1.807) is 4.90 Å². The molecule has 1 atom stereocenters. The van der Waals surface area contributed by atoms with Gasteiger partial charge in [0, 0.05) is 24.6 Å².